The van der Waals surface area contributed by atoms with Gasteiger partial charge in [0.15, 0.2) is 0 Å². The minimum Gasteiger partial charge on any atom is -0.497 e. The minimum atomic E-state index is -3.77. The molecule has 0 aromatic heterocycles. The van der Waals surface area contributed by atoms with Gasteiger partial charge in [-0.3, -0.25) is 13.9 Å². The van der Waals surface area contributed by atoms with Crippen LogP contribution in [0.25, 0.3) is 0 Å². The number of rotatable bonds is 11. The molecule has 0 aliphatic rings. The maximum absolute atomic E-state index is 13.6. The normalized spacial score (nSPS) is 13.0. The van der Waals surface area contributed by atoms with Crippen LogP contribution in [0.15, 0.2) is 42.5 Å². The molecule has 9 heteroatoms. The summed E-state index contributed by atoms with van der Waals surface area (Å²) < 4.78 is 31.8. The second kappa shape index (κ2) is 12.1. The highest BCUT2D eigenvalue weighted by molar-refractivity contribution is 7.92. The standard InChI is InChI=1S/C26H37N3O5S/c1-8-19(3)27-26(31)21(5)28(16-22-12-14-23(34-6)15-13-22)25(30)17-29(35(7,32)33)24-11-9-10-18(2)20(24)4/h9-15,19,21H,8,16-17H2,1-7H3,(H,27,31)/t19-,21-/m1/s1. The number of nitrogens with one attached hydrogen (secondary N) is 1. The fraction of sp³-hybridized carbons (Fsp3) is 0.462. The lowest BCUT2D eigenvalue weighted by Gasteiger charge is -2.32. The Balaban J connectivity index is 2.42. The van der Waals surface area contributed by atoms with Crippen LogP contribution in [0.5, 0.6) is 5.75 Å². The number of aryl methyl sites for hydroxylation is 1. The van der Waals surface area contributed by atoms with Crippen LogP contribution >= 0.6 is 0 Å². The van der Waals surface area contributed by atoms with E-state index in [4.69, 9.17) is 4.74 Å². The van der Waals surface area contributed by atoms with E-state index in [2.05, 4.69) is 5.32 Å². The van der Waals surface area contributed by atoms with E-state index in [0.29, 0.717) is 11.4 Å². The molecule has 2 aromatic rings. The molecule has 0 radical (unpaired) electrons. The van der Waals surface area contributed by atoms with Crippen LogP contribution in [-0.4, -0.2) is 57.1 Å². The number of methoxy groups -OCH3 is 1. The van der Waals surface area contributed by atoms with Gasteiger partial charge < -0.3 is 15.0 Å². The van der Waals surface area contributed by atoms with Crippen molar-refractivity contribution in [3.63, 3.8) is 0 Å². The van der Waals surface area contributed by atoms with Gasteiger partial charge >= 0.3 is 0 Å². The summed E-state index contributed by atoms with van der Waals surface area (Å²) in [4.78, 5) is 28.0. The molecule has 0 aliphatic carbocycles. The first-order valence-electron chi connectivity index (χ1n) is 11.7. The Morgan fingerprint density at radius 1 is 1.06 bits per heavy atom. The summed E-state index contributed by atoms with van der Waals surface area (Å²) in [5.74, 6) is -0.0924. The number of hydrogen-bond acceptors (Lipinski definition) is 5. The molecule has 0 fully saturated rings. The van der Waals surface area contributed by atoms with E-state index in [1.54, 1.807) is 38.3 Å². The number of ether oxygens (including phenoxy) is 1. The van der Waals surface area contributed by atoms with Crippen molar-refractivity contribution in [3.05, 3.63) is 59.2 Å². The molecular weight excluding hydrogens is 466 g/mol. The van der Waals surface area contributed by atoms with Gasteiger partial charge in [0, 0.05) is 12.6 Å². The summed E-state index contributed by atoms with van der Waals surface area (Å²) in [5, 5.41) is 2.92. The van der Waals surface area contributed by atoms with E-state index in [1.165, 1.54) is 4.90 Å². The van der Waals surface area contributed by atoms with Gasteiger partial charge in [-0.1, -0.05) is 31.2 Å². The van der Waals surface area contributed by atoms with E-state index in [0.717, 1.165) is 33.7 Å². The van der Waals surface area contributed by atoms with E-state index in [1.807, 2.05) is 45.9 Å². The minimum absolute atomic E-state index is 0.0506. The molecule has 192 valence electrons. The quantitative estimate of drug-likeness (QED) is 0.507. The summed E-state index contributed by atoms with van der Waals surface area (Å²) in [6, 6.07) is 11.7. The Kier molecular flexibility index (Phi) is 9.71. The van der Waals surface area contributed by atoms with E-state index in [9.17, 15) is 18.0 Å². The third kappa shape index (κ3) is 7.45. The first-order valence-corrected chi connectivity index (χ1v) is 13.5. The van der Waals surface area contributed by atoms with Gasteiger partial charge in [0.2, 0.25) is 21.8 Å². The third-order valence-electron chi connectivity index (χ3n) is 6.20. The number of anilines is 1. The van der Waals surface area contributed by atoms with Crippen molar-refractivity contribution in [1.29, 1.82) is 0 Å². The highest BCUT2D eigenvalue weighted by atomic mass is 32.2. The van der Waals surface area contributed by atoms with Gasteiger partial charge in [-0.15, -0.1) is 0 Å². The van der Waals surface area contributed by atoms with Crippen LogP contribution in [0, 0.1) is 13.8 Å². The van der Waals surface area contributed by atoms with Crippen LogP contribution in [0.1, 0.15) is 43.9 Å². The molecule has 0 saturated heterocycles. The van der Waals surface area contributed by atoms with Gasteiger partial charge in [-0.05, 0) is 69.0 Å². The highest BCUT2D eigenvalue weighted by Crippen LogP contribution is 2.25. The average molecular weight is 504 g/mol. The summed E-state index contributed by atoms with van der Waals surface area (Å²) in [5.41, 5.74) is 2.93. The molecule has 2 atom stereocenters. The second-order valence-electron chi connectivity index (χ2n) is 8.85. The zero-order chi connectivity index (χ0) is 26.3. The lowest BCUT2D eigenvalue weighted by atomic mass is 10.1. The van der Waals surface area contributed by atoms with E-state index < -0.39 is 28.5 Å². The molecule has 0 saturated carbocycles. The maximum atomic E-state index is 13.6. The van der Waals surface area contributed by atoms with Gasteiger partial charge in [-0.25, -0.2) is 8.42 Å². The number of hydrogen-bond donors (Lipinski definition) is 1. The average Bonchev–Trinajstić information content (AvgIpc) is 2.81. The van der Waals surface area contributed by atoms with Crippen molar-refractivity contribution < 1.29 is 22.7 Å². The molecule has 0 bridgehead atoms. The molecule has 0 spiro atoms. The number of carbonyl (C=O) groups is 2. The van der Waals surface area contributed by atoms with Gasteiger partial charge in [0.25, 0.3) is 0 Å². The molecule has 0 heterocycles. The summed E-state index contributed by atoms with van der Waals surface area (Å²) in [7, 11) is -2.20. The van der Waals surface area contributed by atoms with Crippen LogP contribution in [0.2, 0.25) is 0 Å². The number of carbonyl (C=O) groups excluding carboxylic acids is 2. The second-order valence-corrected chi connectivity index (χ2v) is 10.8. The molecule has 0 aliphatic heterocycles. The van der Waals surface area contributed by atoms with Crippen molar-refractivity contribution in [2.45, 2.75) is 59.7 Å². The Morgan fingerprint density at radius 3 is 2.23 bits per heavy atom. The SMILES string of the molecule is CC[C@@H](C)NC(=O)[C@@H](C)N(Cc1ccc(OC)cc1)C(=O)CN(c1cccc(C)c1C)S(C)(=O)=O. The number of benzene rings is 2. The van der Waals surface area contributed by atoms with Crippen LogP contribution in [0.3, 0.4) is 0 Å². The summed E-state index contributed by atoms with van der Waals surface area (Å²) >= 11 is 0. The lowest BCUT2D eigenvalue weighted by molar-refractivity contribution is -0.139. The van der Waals surface area contributed by atoms with Crippen molar-refractivity contribution in [2.24, 2.45) is 0 Å². The van der Waals surface area contributed by atoms with Crippen molar-refractivity contribution >= 4 is 27.5 Å². The van der Waals surface area contributed by atoms with Crippen LogP contribution in [-0.2, 0) is 26.2 Å². The van der Waals surface area contributed by atoms with Crippen LogP contribution in [0.4, 0.5) is 5.69 Å². The van der Waals surface area contributed by atoms with Gasteiger partial charge in [0.05, 0.1) is 19.1 Å². The Morgan fingerprint density at radius 2 is 1.69 bits per heavy atom. The topological polar surface area (TPSA) is 96.0 Å². The van der Waals surface area contributed by atoms with Crippen LogP contribution < -0.4 is 14.4 Å². The number of nitrogens with zero attached hydrogens (tertiary/aromatic N) is 2. The predicted molar refractivity (Wildman–Crippen MR) is 139 cm³/mol. The van der Waals surface area contributed by atoms with Gasteiger partial charge in [-0.2, -0.15) is 0 Å². The van der Waals surface area contributed by atoms with Crippen molar-refractivity contribution in [1.82, 2.24) is 10.2 Å². The van der Waals surface area contributed by atoms with E-state index >= 15 is 0 Å². The molecule has 0 unspecified atom stereocenters. The van der Waals surface area contributed by atoms with Crippen molar-refractivity contribution in [3.8, 4) is 5.75 Å². The van der Waals surface area contributed by atoms with Gasteiger partial charge in [0.1, 0.15) is 18.3 Å². The van der Waals surface area contributed by atoms with Crippen molar-refractivity contribution in [2.75, 3.05) is 24.2 Å². The molecule has 2 rings (SSSR count). The fourth-order valence-electron chi connectivity index (χ4n) is 3.58. The first kappa shape index (κ1) is 28.2. The summed E-state index contributed by atoms with van der Waals surface area (Å²) in [6.45, 7) is 8.95. The fourth-order valence-corrected chi connectivity index (χ4v) is 4.48. The summed E-state index contributed by atoms with van der Waals surface area (Å²) in [6.07, 6.45) is 1.83. The molecule has 1 N–H and O–H groups in total. The molecular formula is C26H37N3O5S. The highest BCUT2D eigenvalue weighted by Gasteiger charge is 2.31. The molecule has 2 aromatic carbocycles. The van der Waals surface area contributed by atoms with E-state index in [-0.39, 0.29) is 18.5 Å². The Bertz CT molecular complexity index is 1130. The predicted octanol–water partition coefficient (Wildman–Crippen LogP) is 3.41. The largest absolute Gasteiger partial charge is 0.497 e. The number of sulfonamides is 1. The lowest BCUT2D eigenvalue weighted by Crippen LogP contribution is -2.52. The maximum Gasteiger partial charge on any atom is 0.244 e. The Labute approximate surface area is 209 Å². The smallest absolute Gasteiger partial charge is 0.244 e. The first-order chi connectivity index (χ1) is 16.4. The number of amides is 2. The monoisotopic (exact) mass is 503 g/mol. The molecule has 2 amide bonds. The zero-order valence-corrected chi connectivity index (χ0v) is 22.5. The third-order valence-corrected chi connectivity index (χ3v) is 7.33. The Hall–Kier alpha value is -3.07. The molecule has 35 heavy (non-hydrogen) atoms. The molecule has 8 nitrogen and oxygen atoms in total. The zero-order valence-electron chi connectivity index (χ0n) is 21.7.